The molecule has 0 aliphatic carbocycles. The summed E-state index contributed by atoms with van der Waals surface area (Å²) < 4.78 is 0. The van der Waals surface area contributed by atoms with Gasteiger partial charge in [0.05, 0.1) is 0 Å². The molecule has 0 radical (unpaired) electrons. The zero-order valence-electron chi connectivity index (χ0n) is 8.25. The molecule has 0 aromatic carbocycles. The number of nitrogens with zero attached hydrogens (tertiary/aromatic N) is 1. The number of carbonyl (C=O) groups excluding carboxylic acids is 1. The van der Waals surface area contributed by atoms with Crippen LogP contribution in [0.25, 0.3) is 0 Å². The fraction of sp³-hybridized carbons (Fsp3) is 0.900. The van der Waals surface area contributed by atoms with E-state index in [1.165, 1.54) is 0 Å². The monoisotopic (exact) mass is 182 g/mol. The highest BCUT2D eigenvalue weighted by Crippen LogP contribution is 2.24. The molecule has 0 aromatic heterocycles. The second-order valence-corrected chi connectivity index (χ2v) is 4.17. The van der Waals surface area contributed by atoms with Gasteiger partial charge in [-0.15, -0.1) is 0 Å². The van der Waals surface area contributed by atoms with Gasteiger partial charge >= 0.3 is 0 Å². The molecule has 1 N–H and O–H groups in total. The fourth-order valence-electron chi connectivity index (χ4n) is 2.49. The zero-order valence-corrected chi connectivity index (χ0v) is 8.25. The Morgan fingerprint density at radius 1 is 1.31 bits per heavy atom. The lowest BCUT2D eigenvalue weighted by Crippen LogP contribution is -2.46. The van der Waals surface area contributed by atoms with Crippen LogP contribution in [-0.4, -0.2) is 36.0 Å². The maximum Gasteiger partial charge on any atom is 0.223 e. The van der Waals surface area contributed by atoms with Crippen molar-refractivity contribution in [2.75, 3.05) is 13.1 Å². The summed E-state index contributed by atoms with van der Waals surface area (Å²) in [5.74, 6) is 0.374. The Labute approximate surface area is 79.5 Å². The van der Waals surface area contributed by atoms with E-state index in [2.05, 4.69) is 17.1 Å². The van der Waals surface area contributed by atoms with E-state index in [1.54, 1.807) is 0 Å². The molecule has 2 rings (SSSR count). The van der Waals surface area contributed by atoms with Crippen LogP contribution in [0.2, 0.25) is 0 Å². The number of piperidine rings is 1. The first-order chi connectivity index (χ1) is 6.29. The predicted molar refractivity (Wildman–Crippen MR) is 51.4 cm³/mol. The van der Waals surface area contributed by atoms with Crippen molar-refractivity contribution in [1.29, 1.82) is 0 Å². The second-order valence-electron chi connectivity index (χ2n) is 4.17. The third kappa shape index (κ3) is 1.70. The lowest BCUT2D eigenvalue weighted by molar-refractivity contribution is -0.131. The van der Waals surface area contributed by atoms with Gasteiger partial charge in [-0.3, -0.25) is 4.79 Å². The number of hydrogen-bond acceptors (Lipinski definition) is 2. The number of carbonyl (C=O) groups is 1. The van der Waals surface area contributed by atoms with Crippen LogP contribution in [0.5, 0.6) is 0 Å². The molecular formula is C10H18N2O. The molecule has 0 unspecified atom stereocenters. The molecule has 2 aliphatic heterocycles. The van der Waals surface area contributed by atoms with Crippen LogP contribution in [0, 0.1) is 0 Å². The molecule has 2 heterocycles. The third-order valence-electron chi connectivity index (χ3n) is 3.24. The van der Waals surface area contributed by atoms with Crippen LogP contribution in [0.3, 0.4) is 0 Å². The summed E-state index contributed by atoms with van der Waals surface area (Å²) in [6, 6.07) is 1.00. The topological polar surface area (TPSA) is 32.3 Å². The lowest BCUT2D eigenvalue weighted by Gasteiger charge is -2.34. The Bertz CT molecular complexity index is 199. The van der Waals surface area contributed by atoms with Crippen LogP contribution < -0.4 is 5.32 Å². The van der Waals surface area contributed by atoms with Gasteiger partial charge in [-0.25, -0.2) is 0 Å². The number of nitrogens with one attached hydrogen (secondary N) is 1. The van der Waals surface area contributed by atoms with Crippen LogP contribution in [0.4, 0.5) is 0 Å². The van der Waals surface area contributed by atoms with E-state index in [1.807, 2.05) is 0 Å². The number of rotatable bonds is 1. The van der Waals surface area contributed by atoms with Crippen molar-refractivity contribution in [3.8, 4) is 0 Å². The molecule has 0 spiro atoms. The van der Waals surface area contributed by atoms with Crippen LogP contribution >= 0.6 is 0 Å². The van der Waals surface area contributed by atoms with Gasteiger partial charge in [0.25, 0.3) is 0 Å². The smallest absolute Gasteiger partial charge is 0.223 e. The molecule has 2 fully saturated rings. The highest BCUT2D eigenvalue weighted by molar-refractivity contribution is 5.79. The average molecular weight is 182 g/mol. The van der Waals surface area contributed by atoms with Gasteiger partial charge in [-0.1, -0.05) is 0 Å². The van der Waals surface area contributed by atoms with Crippen LogP contribution in [0.15, 0.2) is 0 Å². The number of likely N-dealkylation sites (tertiary alicyclic amines) is 1. The summed E-state index contributed by atoms with van der Waals surface area (Å²) in [7, 11) is 0. The summed E-state index contributed by atoms with van der Waals surface area (Å²) in [6.45, 7) is 4.31. The molecule has 3 heteroatoms. The quantitative estimate of drug-likeness (QED) is 0.649. The molecule has 1 atom stereocenters. The summed E-state index contributed by atoms with van der Waals surface area (Å²) in [5.41, 5.74) is 0. The molecule has 3 nitrogen and oxygen atoms in total. The molecule has 0 bridgehead atoms. The van der Waals surface area contributed by atoms with Gasteiger partial charge in [0.15, 0.2) is 0 Å². The lowest BCUT2D eigenvalue weighted by atomic mass is 10.0. The third-order valence-corrected chi connectivity index (χ3v) is 3.24. The van der Waals surface area contributed by atoms with Gasteiger partial charge in [-0.05, 0) is 39.3 Å². The van der Waals surface area contributed by atoms with Crippen molar-refractivity contribution in [3.05, 3.63) is 0 Å². The Kier molecular flexibility index (Phi) is 2.54. The van der Waals surface area contributed by atoms with E-state index < -0.39 is 0 Å². The summed E-state index contributed by atoms with van der Waals surface area (Å²) in [4.78, 5) is 13.7. The van der Waals surface area contributed by atoms with Gasteiger partial charge in [-0.2, -0.15) is 0 Å². The van der Waals surface area contributed by atoms with Crippen molar-refractivity contribution < 1.29 is 4.79 Å². The summed E-state index contributed by atoms with van der Waals surface area (Å²) in [6.07, 6.45) is 4.10. The Hall–Kier alpha value is -0.570. The summed E-state index contributed by atoms with van der Waals surface area (Å²) in [5, 5.41) is 3.33. The average Bonchev–Trinajstić information content (AvgIpc) is 2.48. The SMILES string of the molecule is C[C@H]1CCC(=O)N1C1CCNCC1. The minimum Gasteiger partial charge on any atom is -0.337 e. The van der Waals surface area contributed by atoms with Crippen molar-refractivity contribution in [2.45, 2.75) is 44.7 Å². The van der Waals surface area contributed by atoms with Gasteiger partial charge < -0.3 is 10.2 Å². The van der Waals surface area contributed by atoms with E-state index in [4.69, 9.17) is 0 Å². The number of amides is 1. The van der Waals surface area contributed by atoms with E-state index >= 15 is 0 Å². The second kappa shape index (κ2) is 3.66. The molecule has 0 saturated carbocycles. The van der Waals surface area contributed by atoms with Crippen LogP contribution in [0.1, 0.15) is 32.6 Å². The van der Waals surface area contributed by atoms with Gasteiger partial charge in [0, 0.05) is 18.5 Å². The molecule has 2 saturated heterocycles. The van der Waals surface area contributed by atoms with Gasteiger partial charge in [0.2, 0.25) is 5.91 Å². The largest absolute Gasteiger partial charge is 0.337 e. The summed E-state index contributed by atoms with van der Waals surface area (Å²) >= 11 is 0. The molecular weight excluding hydrogens is 164 g/mol. The molecule has 74 valence electrons. The first-order valence-electron chi connectivity index (χ1n) is 5.31. The fourth-order valence-corrected chi connectivity index (χ4v) is 2.49. The molecule has 0 aromatic rings. The normalized spacial score (nSPS) is 31.3. The highest BCUT2D eigenvalue weighted by Gasteiger charge is 2.33. The van der Waals surface area contributed by atoms with E-state index in [0.29, 0.717) is 18.0 Å². The first-order valence-corrected chi connectivity index (χ1v) is 5.31. The Morgan fingerprint density at radius 3 is 2.54 bits per heavy atom. The zero-order chi connectivity index (χ0) is 9.26. The van der Waals surface area contributed by atoms with Crippen molar-refractivity contribution in [3.63, 3.8) is 0 Å². The molecule has 1 amide bonds. The molecule has 13 heavy (non-hydrogen) atoms. The van der Waals surface area contributed by atoms with Crippen LogP contribution in [-0.2, 0) is 4.79 Å². The number of hydrogen-bond donors (Lipinski definition) is 1. The maximum absolute atomic E-state index is 11.6. The minimum atomic E-state index is 0.374. The minimum absolute atomic E-state index is 0.374. The maximum atomic E-state index is 11.6. The van der Waals surface area contributed by atoms with E-state index in [0.717, 1.165) is 38.8 Å². The highest BCUT2D eigenvalue weighted by atomic mass is 16.2. The first kappa shape index (κ1) is 9.00. The van der Waals surface area contributed by atoms with Crippen molar-refractivity contribution in [2.24, 2.45) is 0 Å². The van der Waals surface area contributed by atoms with Crippen molar-refractivity contribution >= 4 is 5.91 Å². The molecule has 2 aliphatic rings. The van der Waals surface area contributed by atoms with E-state index in [-0.39, 0.29) is 0 Å². The Morgan fingerprint density at radius 2 is 2.00 bits per heavy atom. The standard InChI is InChI=1S/C10H18N2O/c1-8-2-3-10(13)12(8)9-4-6-11-7-5-9/h8-9,11H,2-7H2,1H3/t8-/m0/s1. The van der Waals surface area contributed by atoms with Gasteiger partial charge in [0.1, 0.15) is 0 Å². The Balaban J connectivity index is 2.00. The predicted octanol–water partition coefficient (Wildman–Crippen LogP) is 0.749. The van der Waals surface area contributed by atoms with Crippen molar-refractivity contribution in [1.82, 2.24) is 10.2 Å². The van der Waals surface area contributed by atoms with E-state index in [9.17, 15) is 4.79 Å².